The van der Waals surface area contributed by atoms with Gasteiger partial charge in [-0.3, -0.25) is 0 Å². The average Bonchev–Trinajstić information content (AvgIpc) is 2.27. The van der Waals surface area contributed by atoms with Crippen molar-refractivity contribution in [1.29, 1.82) is 0 Å². The van der Waals surface area contributed by atoms with Gasteiger partial charge in [0.05, 0.1) is 6.61 Å². The molecule has 0 aromatic heterocycles. The Bertz CT molecular complexity index is 487. The molecular weight excluding hydrogens is 364 g/mol. The fourth-order valence-corrected chi connectivity index (χ4v) is 2.56. The third kappa shape index (κ3) is 3.10. The van der Waals surface area contributed by atoms with Crippen molar-refractivity contribution in [2.45, 2.75) is 18.7 Å². The SMILES string of the molecule is CCOC(=O)C(OC)(c1cc(Cl)cc(Br)c1)C(F)(F)F. The Morgan fingerprint density at radius 3 is 2.35 bits per heavy atom. The second-order valence-corrected chi connectivity index (χ2v) is 5.11. The highest BCUT2D eigenvalue weighted by Crippen LogP contribution is 2.44. The van der Waals surface area contributed by atoms with Crippen LogP contribution in [0.2, 0.25) is 5.02 Å². The summed E-state index contributed by atoms with van der Waals surface area (Å²) in [4.78, 5) is 11.8. The maximum absolute atomic E-state index is 13.4. The minimum atomic E-state index is -5.00. The molecule has 0 saturated carbocycles. The molecule has 0 aliphatic rings. The molecule has 112 valence electrons. The number of esters is 1. The molecule has 8 heteroatoms. The number of hydrogen-bond acceptors (Lipinski definition) is 3. The van der Waals surface area contributed by atoms with Crippen molar-refractivity contribution in [3.05, 3.63) is 33.3 Å². The number of alkyl halides is 3. The highest BCUT2D eigenvalue weighted by Gasteiger charge is 2.64. The van der Waals surface area contributed by atoms with Crippen molar-refractivity contribution in [2.75, 3.05) is 13.7 Å². The zero-order valence-corrected chi connectivity index (χ0v) is 12.9. The van der Waals surface area contributed by atoms with E-state index in [0.717, 1.165) is 19.2 Å². The van der Waals surface area contributed by atoms with Gasteiger partial charge in [0.25, 0.3) is 5.60 Å². The molecule has 0 amide bonds. The van der Waals surface area contributed by atoms with Crippen molar-refractivity contribution in [2.24, 2.45) is 0 Å². The lowest BCUT2D eigenvalue weighted by molar-refractivity contribution is -0.276. The zero-order chi connectivity index (χ0) is 15.6. The molecule has 0 aliphatic carbocycles. The first-order valence-electron chi connectivity index (χ1n) is 5.44. The second-order valence-electron chi connectivity index (χ2n) is 3.76. The molecule has 0 saturated heterocycles. The lowest BCUT2D eigenvalue weighted by Crippen LogP contribution is -2.51. The molecule has 0 heterocycles. The summed E-state index contributed by atoms with van der Waals surface area (Å²) in [5.41, 5.74) is -3.67. The topological polar surface area (TPSA) is 35.5 Å². The van der Waals surface area contributed by atoms with Crippen LogP contribution >= 0.6 is 27.5 Å². The van der Waals surface area contributed by atoms with Crippen LogP contribution in [0.3, 0.4) is 0 Å². The van der Waals surface area contributed by atoms with Crippen LogP contribution in [0.25, 0.3) is 0 Å². The molecule has 1 aromatic rings. The van der Waals surface area contributed by atoms with Crippen LogP contribution in [-0.2, 0) is 19.9 Å². The summed E-state index contributed by atoms with van der Waals surface area (Å²) in [6.45, 7) is 1.20. The fourth-order valence-electron chi connectivity index (χ4n) is 1.70. The van der Waals surface area contributed by atoms with Crippen LogP contribution in [0.4, 0.5) is 13.2 Å². The minimum absolute atomic E-state index is 0.0318. The minimum Gasteiger partial charge on any atom is -0.463 e. The van der Waals surface area contributed by atoms with Crippen LogP contribution in [0.1, 0.15) is 12.5 Å². The molecule has 1 aromatic carbocycles. The van der Waals surface area contributed by atoms with E-state index in [0.29, 0.717) is 0 Å². The van der Waals surface area contributed by atoms with E-state index in [1.54, 1.807) is 0 Å². The van der Waals surface area contributed by atoms with Crippen LogP contribution in [0.5, 0.6) is 0 Å². The molecule has 0 N–H and O–H groups in total. The first-order valence-corrected chi connectivity index (χ1v) is 6.61. The second kappa shape index (κ2) is 6.32. The van der Waals surface area contributed by atoms with Gasteiger partial charge >= 0.3 is 12.1 Å². The lowest BCUT2D eigenvalue weighted by atomic mass is 9.92. The zero-order valence-electron chi connectivity index (χ0n) is 10.6. The van der Waals surface area contributed by atoms with Gasteiger partial charge in [0.2, 0.25) is 0 Å². The summed E-state index contributed by atoms with van der Waals surface area (Å²) in [7, 11) is 0.791. The third-order valence-corrected chi connectivity index (χ3v) is 3.21. The number of benzene rings is 1. The third-order valence-electron chi connectivity index (χ3n) is 2.54. The predicted octanol–water partition coefficient (Wildman–Crippen LogP) is 4.07. The van der Waals surface area contributed by atoms with E-state index < -0.39 is 23.3 Å². The molecule has 3 nitrogen and oxygen atoms in total. The highest BCUT2D eigenvalue weighted by atomic mass is 79.9. The van der Waals surface area contributed by atoms with Crippen LogP contribution < -0.4 is 0 Å². The fraction of sp³-hybridized carbons (Fsp3) is 0.417. The first kappa shape index (κ1) is 17.3. The number of halogens is 5. The van der Waals surface area contributed by atoms with Gasteiger partial charge in [-0.1, -0.05) is 27.5 Å². The lowest BCUT2D eigenvalue weighted by Gasteiger charge is -2.32. The van der Waals surface area contributed by atoms with Crippen LogP contribution in [-0.4, -0.2) is 25.9 Å². The van der Waals surface area contributed by atoms with Crippen molar-refractivity contribution in [3.8, 4) is 0 Å². The number of methoxy groups -OCH3 is 1. The van der Waals surface area contributed by atoms with Gasteiger partial charge in [0, 0.05) is 22.2 Å². The van der Waals surface area contributed by atoms with E-state index in [9.17, 15) is 18.0 Å². The van der Waals surface area contributed by atoms with E-state index >= 15 is 0 Å². The maximum Gasteiger partial charge on any atom is 0.432 e. The monoisotopic (exact) mass is 374 g/mol. The Labute approximate surface area is 127 Å². The molecule has 0 bridgehead atoms. The smallest absolute Gasteiger partial charge is 0.432 e. The quantitative estimate of drug-likeness (QED) is 0.744. The standard InChI is InChI=1S/C12H11BrClF3O3/c1-3-20-10(18)11(19-2,12(15,16)17)7-4-8(13)6-9(14)5-7/h4-6H,3H2,1-2H3. The van der Waals surface area contributed by atoms with Crippen molar-refractivity contribution < 1.29 is 27.4 Å². The number of carbonyl (C=O) groups excluding carboxylic acids is 1. The molecule has 1 rings (SSSR count). The Morgan fingerprint density at radius 1 is 1.35 bits per heavy atom. The Balaban J connectivity index is 3.55. The molecule has 1 unspecified atom stereocenters. The largest absolute Gasteiger partial charge is 0.463 e. The number of rotatable bonds is 4. The Kier molecular flexibility index (Phi) is 5.46. The molecular formula is C12H11BrClF3O3. The molecule has 0 fully saturated rings. The molecule has 20 heavy (non-hydrogen) atoms. The van der Waals surface area contributed by atoms with Crippen molar-refractivity contribution in [3.63, 3.8) is 0 Å². The summed E-state index contributed by atoms with van der Waals surface area (Å²) in [5.74, 6) is -1.54. The van der Waals surface area contributed by atoms with Gasteiger partial charge in [-0.15, -0.1) is 0 Å². The maximum atomic E-state index is 13.4. The highest BCUT2D eigenvalue weighted by molar-refractivity contribution is 9.10. The van der Waals surface area contributed by atoms with E-state index in [1.165, 1.54) is 13.0 Å². The van der Waals surface area contributed by atoms with Crippen LogP contribution in [0.15, 0.2) is 22.7 Å². The van der Waals surface area contributed by atoms with Crippen LogP contribution in [0, 0.1) is 0 Å². The van der Waals surface area contributed by atoms with Gasteiger partial charge in [-0.2, -0.15) is 13.2 Å². The van der Waals surface area contributed by atoms with Gasteiger partial charge in [0.1, 0.15) is 0 Å². The molecule has 0 radical (unpaired) electrons. The predicted molar refractivity (Wildman–Crippen MR) is 70.5 cm³/mol. The summed E-state index contributed by atoms with van der Waals surface area (Å²) in [6, 6.07) is 3.52. The van der Waals surface area contributed by atoms with Gasteiger partial charge in [-0.05, 0) is 25.1 Å². The number of hydrogen-bond donors (Lipinski definition) is 0. The van der Waals surface area contributed by atoms with Crippen molar-refractivity contribution in [1.82, 2.24) is 0 Å². The van der Waals surface area contributed by atoms with Crippen molar-refractivity contribution >= 4 is 33.5 Å². The summed E-state index contributed by atoms with van der Waals surface area (Å²) in [6.07, 6.45) is -5.00. The van der Waals surface area contributed by atoms with Gasteiger partial charge < -0.3 is 9.47 Å². The Hall–Kier alpha value is -0.790. The van der Waals surface area contributed by atoms with E-state index in [2.05, 4.69) is 25.4 Å². The summed E-state index contributed by atoms with van der Waals surface area (Å²) >= 11 is 8.77. The molecule has 0 aliphatic heterocycles. The number of ether oxygens (including phenoxy) is 2. The van der Waals surface area contributed by atoms with E-state index in [4.69, 9.17) is 11.6 Å². The van der Waals surface area contributed by atoms with Gasteiger partial charge in [0.15, 0.2) is 0 Å². The molecule has 0 spiro atoms. The Morgan fingerprint density at radius 2 is 1.95 bits per heavy atom. The first-order chi connectivity index (χ1) is 9.18. The normalized spacial score (nSPS) is 14.8. The molecule has 1 atom stereocenters. The van der Waals surface area contributed by atoms with Gasteiger partial charge in [-0.25, -0.2) is 4.79 Å². The summed E-state index contributed by atoms with van der Waals surface area (Å²) < 4.78 is 49.6. The summed E-state index contributed by atoms with van der Waals surface area (Å²) in [5, 5.41) is 0.0318. The van der Waals surface area contributed by atoms with E-state index in [-0.39, 0.29) is 16.1 Å². The average molecular weight is 376 g/mol. The van der Waals surface area contributed by atoms with E-state index in [1.807, 2.05) is 0 Å². The number of carbonyl (C=O) groups is 1.